The van der Waals surface area contributed by atoms with Gasteiger partial charge in [-0.15, -0.1) is 0 Å². The van der Waals surface area contributed by atoms with Gasteiger partial charge in [-0.3, -0.25) is 14.6 Å². The number of hydrogen-bond acceptors (Lipinski definition) is 6. The van der Waals surface area contributed by atoms with Crippen LogP contribution in [-0.4, -0.2) is 58.9 Å². The predicted octanol–water partition coefficient (Wildman–Crippen LogP) is 5.74. The van der Waals surface area contributed by atoms with E-state index in [9.17, 15) is 9.18 Å². The second-order valence-corrected chi connectivity index (χ2v) is 12.0. The first-order valence-corrected chi connectivity index (χ1v) is 14.2. The van der Waals surface area contributed by atoms with Crippen molar-refractivity contribution < 1.29 is 18.3 Å². The number of aryl methyl sites for hydroxylation is 1. The van der Waals surface area contributed by atoms with Gasteiger partial charge >= 0.3 is 0 Å². The number of amides is 1. The van der Waals surface area contributed by atoms with Crippen molar-refractivity contribution in [3.8, 4) is 11.3 Å². The third-order valence-electron chi connectivity index (χ3n) is 8.11. The number of furan rings is 1. The van der Waals surface area contributed by atoms with Gasteiger partial charge in [0, 0.05) is 30.8 Å². The van der Waals surface area contributed by atoms with E-state index in [0.717, 1.165) is 69.2 Å². The largest absolute Gasteiger partial charge is 0.456 e. The van der Waals surface area contributed by atoms with Crippen molar-refractivity contribution in [2.75, 3.05) is 32.8 Å². The zero-order valence-electron chi connectivity index (χ0n) is 20.3. The fourth-order valence-corrected chi connectivity index (χ4v) is 7.59. The molecule has 3 heterocycles. The molecule has 2 saturated heterocycles. The van der Waals surface area contributed by atoms with Gasteiger partial charge in [0.25, 0.3) is 5.91 Å². The van der Waals surface area contributed by atoms with Gasteiger partial charge in [-0.1, -0.05) is 30.4 Å². The summed E-state index contributed by atoms with van der Waals surface area (Å²) in [5.74, 6) is 2.45. The van der Waals surface area contributed by atoms with E-state index in [2.05, 4.69) is 4.90 Å². The Bertz CT molecular complexity index is 1170. The van der Waals surface area contributed by atoms with Crippen molar-refractivity contribution in [3.63, 3.8) is 0 Å². The van der Waals surface area contributed by atoms with E-state index >= 15 is 0 Å². The second-order valence-electron chi connectivity index (χ2n) is 10.4. The van der Waals surface area contributed by atoms with Crippen molar-refractivity contribution >= 4 is 40.3 Å². The van der Waals surface area contributed by atoms with Gasteiger partial charge in [-0.25, -0.2) is 4.39 Å². The topological polar surface area (TPSA) is 45.9 Å². The molecule has 4 aliphatic rings. The van der Waals surface area contributed by atoms with Crippen molar-refractivity contribution in [1.29, 1.82) is 0 Å². The number of thiocarbonyl (C=S) groups is 1. The number of carbonyl (C=O) groups is 1. The molecule has 1 aromatic carbocycles. The van der Waals surface area contributed by atoms with E-state index in [0.29, 0.717) is 26.7 Å². The first kappa shape index (κ1) is 24.3. The van der Waals surface area contributed by atoms with Crippen LogP contribution in [0.3, 0.4) is 0 Å². The summed E-state index contributed by atoms with van der Waals surface area (Å²) in [4.78, 5) is 18.4. The van der Waals surface area contributed by atoms with Gasteiger partial charge in [-0.05, 0) is 86.4 Å². The van der Waals surface area contributed by atoms with Crippen LogP contribution in [0.4, 0.5) is 4.39 Å². The molecule has 1 amide bonds. The molecule has 2 saturated carbocycles. The Morgan fingerprint density at radius 1 is 1.14 bits per heavy atom. The van der Waals surface area contributed by atoms with Crippen LogP contribution in [0.25, 0.3) is 17.4 Å². The molecule has 6 rings (SSSR count). The number of thioether (sulfide) groups is 1. The van der Waals surface area contributed by atoms with Gasteiger partial charge in [0.05, 0.1) is 18.1 Å². The van der Waals surface area contributed by atoms with Crippen LogP contribution in [0.15, 0.2) is 39.7 Å². The number of morpholine rings is 1. The fourth-order valence-electron chi connectivity index (χ4n) is 6.25. The van der Waals surface area contributed by atoms with E-state index in [4.69, 9.17) is 21.4 Å². The Kier molecular flexibility index (Phi) is 7.03. The number of fused-ring (bicyclic) bond motifs is 2. The van der Waals surface area contributed by atoms with Crippen LogP contribution >= 0.6 is 24.0 Å². The van der Waals surface area contributed by atoms with Crippen molar-refractivity contribution in [3.05, 3.63) is 52.4 Å². The molecule has 2 bridgehead atoms. The summed E-state index contributed by atoms with van der Waals surface area (Å²) < 4.78 is 25.9. The van der Waals surface area contributed by atoms with Gasteiger partial charge < -0.3 is 9.15 Å². The summed E-state index contributed by atoms with van der Waals surface area (Å²) in [7, 11) is 0. The van der Waals surface area contributed by atoms with Crippen LogP contribution in [0.5, 0.6) is 0 Å². The monoisotopic (exact) mass is 526 g/mol. The molecule has 8 heteroatoms. The first-order valence-electron chi connectivity index (χ1n) is 13.0. The Morgan fingerprint density at radius 3 is 2.67 bits per heavy atom. The summed E-state index contributed by atoms with van der Waals surface area (Å²) in [5.41, 5.74) is 1.88. The molecular weight excluding hydrogens is 495 g/mol. The molecule has 4 fully saturated rings. The molecule has 0 radical (unpaired) electrons. The second kappa shape index (κ2) is 10.4. The summed E-state index contributed by atoms with van der Waals surface area (Å²) in [6.45, 7) is 4.49. The van der Waals surface area contributed by atoms with E-state index in [1.165, 1.54) is 43.2 Å². The summed E-state index contributed by atoms with van der Waals surface area (Å²) in [5, 5.41) is 0. The zero-order chi connectivity index (χ0) is 24.6. The number of nitrogens with zero attached hydrogens (tertiary/aromatic N) is 2. The van der Waals surface area contributed by atoms with E-state index in [1.54, 1.807) is 12.1 Å². The Labute approximate surface area is 221 Å². The third kappa shape index (κ3) is 4.93. The third-order valence-corrected chi connectivity index (χ3v) is 9.44. The normalized spacial score (nSPS) is 27.6. The highest BCUT2D eigenvalue weighted by Gasteiger charge is 2.48. The lowest BCUT2D eigenvalue weighted by molar-refractivity contribution is -0.124. The van der Waals surface area contributed by atoms with E-state index < -0.39 is 0 Å². The summed E-state index contributed by atoms with van der Waals surface area (Å²) in [6.07, 6.45) is 8.50. The fraction of sp³-hybridized carbons (Fsp3) is 0.500. The quantitative estimate of drug-likeness (QED) is 0.339. The van der Waals surface area contributed by atoms with E-state index in [1.807, 2.05) is 17.0 Å². The molecule has 2 aliphatic heterocycles. The van der Waals surface area contributed by atoms with Crippen LogP contribution < -0.4 is 0 Å². The lowest BCUT2D eigenvalue weighted by atomic mass is 9.94. The highest BCUT2D eigenvalue weighted by Crippen LogP contribution is 2.49. The first-order chi connectivity index (χ1) is 17.5. The SMILES string of the molecule is O=C1C(=Cc2oc(-c3ccc(F)cc3)cc2CCCN2CCOCC2)SC(=S)N1C1CC2CCC1C2. The summed E-state index contributed by atoms with van der Waals surface area (Å²) >= 11 is 7.07. The maximum Gasteiger partial charge on any atom is 0.266 e. The Balaban J connectivity index is 1.24. The standard InChI is InChI=1S/C28H31FN2O3S2/c29-22-7-5-19(6-8-22)24-16-21(2-1-9-30-10-12-33-13-11-30)25(34-24)17-26-27(32)31(28(35)36-26)23-15-18-3-4-20(23)14-18/h5-8,16-18,20,23H,1-4,9-15H2. The maximum absolute atomic E-state index is 13.5. The van der Waals surface area contributed by atoms with Crippen LogP contribution in [0, 0.1) is 17.7 Å². The van der Waals surface area contributed by atoms with Crippen molar-refractivity contribution in [2.24, 2.45) is 11.8 Å². The van der Waals surface area contributed by atoms with E-state index in [-0.39, 0.29) is 17.8 Å². The van der Waals surface area contributed by atoms with Crippen molar-refractivity contribution in [1.82, 2.24) is 9.80 Å². The molecule has 36 heavy (non-hydrogen) atoms. The molecule has 0 N–H and O–H groups in total. The Hall–Kier alpha value is -2.00. The van der Waals surface area contributed by atoms with Crippen LogP contribution in [0.2, 0.25) is 0 Å². The minimum atomic E-state index is -0.277. The highest BCUT2D eigenvalue weighted by atomic mass is 32.2. The molecule has 190 valence electrons. The molecule has 3 atom stereocenters. The van der Waals surface area contributed by atoms with Gasteiger partial charge in [-0.2, -0.15) is 0 Å². The lowest BCUT2D eigenvalue weighted by Gasteiger charge is -2.30. The van der Waals surface area contributed by atoms with Crippen molar-refractivity contribution in [2.45, 2.75) is 44.6 Å². The van der Waals surface area contributed by atoms with Gasteiger partial charge in [0.1, 0.15) is 21.7 Å². The van der Waals surface area contributed by atoms with Gasteiger partial charge in [0.15, 0.2) is 0 Å². The lowest BCUT2D eigenvalue weighted by Crippen LogP contribution is -2.41. The molecule has 0 spiro atoms. The number of benzene rings is 1. The molecule has 3 unspecified atom stereocenters. The highest BCUT2D eigenvalue weighted by molar-refractivity contribution is 8.26. The smallest absolute Gasteiger partial charge is 0.266 e. The number of ether oxygens (including phenoxy) is 1. The molecular formula is C28H31FN2O3S2. The molecule has 2 aromatic rings. The molecule has 1 aromatic heterocycles. The maximum atomic E-state index is 13.5. The van der Waals surface area contributed by atoms with Crippen LogP contribution in [-0.2, 0) is 16.0 Å². The minimum absolute atomic E-state index is 0.0153. The average Bonchev–Trinajstić information content (AvgIpc) is 3.66. The predicted molar refractivity (Wildman–Crippen MR) is 144 cm³/mol. The molecule has 5 nitrogen and oxygen atoms in total. The minimum Gasteiger partial charge on any atom is -0.456 e. The molecule has 2 aliphatic carbocycles. The zero-order valence-corrected chi connectivity index (χ0v) is 21.9. The number of rotatable bonds is 7. The number of hydrogen-bond donors (Lipinski definition) is 0. The van der Waals surface area contributed by atoms with Gasteiger partial charge in [0.2, 0.25) is 0 Å². The number of carbonyl (C=O) groups excluding carboxylic acids is 1. The summed E-state index contributed by atoms with van der Waals surface area (Å²) in [6, 6.07) is 8.62. The van der Waals surface area contributed by atoms with Crippen LogP contribution in [0.1, 0.15) is 43.4 Å². The Morgan fingerprint density at radius 2 is 1.94 bits per heavy atom. The number of halogens is 1. The average molecular weight is 527 g/mol.